The fourth-order valence-electron chi connectivity index (χ4n) is 9.27. The minimum Gasteiger partial charge on any atom is -0.427 e. The molecule has 0 aromatic heterocycles. The predicted molar refractivity (Wildman–Crippen MR) is 178 cm³/mol. The van der Waals surface area contributed by atoms with Crippen molar-refractivity contribution in [3.63, 3.8) is 0 Å². The number of benzene rings is 2. The van der Waals surface area contributed by atoms with E-state index in [1.54, 1.807) is 0 Å². The zero-order valence-corrected chi connectivity index (χ0v) is 27.6. The van der Waals surface area contributed by atoms with E-state index in [-0.39, 0.29) is 47.7 Å². The summed E-state index contributed by atoms with van der Waals surface area (Å²) in [5, 5.41) is 0. The average Bonchev–Trinajstić information content (AvgIpc) is 3.06. The van der Waals surface area contributed by atoms with Crippen LogP contribution in [0.4, 0.5) is 0 Å². The zero-order chi connectivity index (χ0) is 31.6. The highest BCUT2D eigenvalue weighted by Crippen LogP contribution is 2.47. The SMILES string of the molecule is C[C@@]12CCCCCC[C@@H](Cc3ccc(OC(=O)CCCCC(=O)Oc4ccc5c(c4)[C@@]4(C)CCCCC[C@@H](C5)[C@@H]4N)cc31)[C@@H]2N. The molecule has 2 saturated carbocycles. The summed E-state index contributed by atoms with van der Waals surface area (Å²) >= 11 is 0. The monoisotopic (exact) mass is 614 g/mol. The van der Waals surface area contributed by atoms with Gasteiger partial charge in [-0.2, -0.15) is 0 Å². The van der Waals surface area contributed by atoms with Crippen molar-refractivity contribution in [3.05, 3.63) is 58.7 Å². The molecule has 2 aromatic carbocycles. The lowest BCUT2D eigenvalue weighted by atomic mass is 9.60. The quantitative estimate of drug-likeness (QED) is 0.189. The number of hydrogen-bond donors (Lipinski definition) is 2. The molecule has 0 radical (unpaired) electrons. The molecule has 6 atom stereocenters. The Kier molecular flexibility index (Phi) is 9.73. The Labute approximate surface area is 270 Å². The van der Waals surface area contributed by atoms with Crippen LogP contribution in [0.5, 0.6) is 11.5 Å². The molecule has 0 heterocycles. The Morgan fingerprint density at radius 2 is 1.09 bits per heavy atom. The molecule has 2 fully saturated rings. The van der Waals surface area contributed by atoms with Gasteiger partial charge < -0.3 is 20.9 Å². The molecule has 0 spiro atoms. The van der Waals surface area contributed by atoms with Crippen LogP contribution in [-0.4, -0.2) is 24.0 Å². The first kappa shape index (κ1) is 32.2. The Bertz CT molecular complexity index is 1390. The Morgan fingerprint density at radius 1 is 0.667 bits per heavy atom. The maximum absolute atomic E-state index is 12.8. The summed E-state index contributed by atoms with van der Waals surface area (Å²) in [6, 6.07) is 12.5. The van der Waals surface area contributed by atoms with E-state index in [9.17, 15) is 9.59 Å². The van der Waals surface area contributed by atoms with E-state index in [2.05, 4.69) is 38.1 Å². The summed E-state index contributed by atoms with van der Waals surface area (Å²) in [4.78, 5) is 25.5. The molecule has 0 saturated heterocycles. The maximum Gasteiger partial charge on any atom is 0.311 e. The third-order valence-electron chi connectivity index (χ3n) is 12.1. The standard InChI is InChI=1S/C39H54N2O4/c1-38-20-10-4-3-6-12-28(36(38)40)22-26-16-18-30(24-32(26)38)44-34(42)14-8-9-15-35(43)45-31-19-17-27-23-29-13-7-5-11-21-39(2,37(29)41)33(27)25-31/h16-19,24-25,28-29,36-37H,3-15,20-23,40-41H2,1-2H3/t28-,29-,36-,37-,38+,39+/m0/s1. The number of unbranched alkanes of at least 4 members (excludes halogenated alkanes) is 1. The van der Waals surface area contributed by atoms with Crippen LogP contribution < -0.4 is 20.9 Å². The van der Waals surface area contributed by atoms with Gasteiger partial charge in [0.2, 0.25) is 0 Å². The molecule has 0 unspecified atom stereocenters. The van der Waals surface area contributed by atoms with Crippen molar-refractivity contribution in [2.24, 2.45) is 23.3 Å². The summed E-state index contributed by atoms with van der Waals surface area (Å²) in [6.07, 6.45) is 16.9. The third-order valence-corrected chi connectivity index (χ3v) is 12.1. The molecule has 4 N–H and O–H groups in total. The molecule has 6 nitrogen and oxygen atoms in total. The van der Waals surface area contributed by atoms with Gasteiger partial charge in [0.05, 0.1) is 0 Å². The van der Waals surface area contributed by atoms with Crippen LogP contribution in [0, 0.1) is 11.8 Å². The summed E-state index contributed by atoms with van der Waals surface area (Å²) in [6.45, 7) is 4.61. The molecule has 4 aliphatic rings. The minimum atomic E-state index is -0.267. The van der Waals surface area contributed by atoms with Crippen molar-refractivity contribution in [2.75, 3.05) is 0 Å². The molecule has 4 bridgehead atoms. The van der Waals surface area contributed by atoms with Gasteiger partial charge in [-0.25, -0.2) is 0 Å². The van der Waals surface area contributed by atoms with Crippen LogP contribution in [0.3, 0.4) is 0 Å². The van der Waals surface area contributed by atoms with Crippen LogP contribution in [0.15, 0.2) is 36.4 Å². The fourth-order valence-corrected chi connectivity index (χ4v) is 9.27. The lowest BCUT2D eigenvalue weighted by Crippen LogP contribution is -2.52. The van der Waals surface area contributed by atoms with E-state index in [0.717, 1.165) is 25.7 Å². The number of rotatable bonds is 7. The first-order valence-electron chi connectivity index (χ1n) is 17.9. The van der Waals surface area contributed by atoms with Crippen LogP contribution in [0.1, 0.15) is 132 Å². The van der Waals surface area contributed by atoms with Crippen molar-refractivity contribution in [3.8, 4) is 11.5 Å². The van der Waals surface area contributed by atoms with Gasteiger partial charge in [-0.05, 0) is 110 Å². The highest BCUT2D eigenvalue weighted by molar-refractivity contribution is 5.74. The maximum atomic E-state index is 12.8. The summed E-state index contributed by atoms with van der Waals surface area (Å²) in [7, 11) is 0. The molecule has 0 aliphatic heterocycles. The molecule has 45 heavy (non-hydrogen) atoms. The number of hydrogen-bond acceptors (Lipinski definition) is 6. The van der Waals surface area contributed by atoms with E-state index >= 15 is 0 Å². The van der Waals surface area contributed by atoms with Crippen LogP contribution >= 0.6 is 0 Å². The smallest absolute Gasteiger partial charge is 0.311 e. The van der Waals surface area contributed by atoms with Gasteiger partial charge in [0.25, 0.3) is 0 Å². The Hall–Kier alpha value is -2.70. The second-order valence-corrected chi connectivity index (χ2v) is 15.2. The molecular weight excluding hydrogens is 560 g/mol. The van der Waals surface area contributed by atoms with Crippen LogP contribution in [0.2, 0.25) is 0 Å². The first-order valence-corrected chi connectivity index (χ1v) is 17.9. The zero-order valence-electron chi connectivity index (χ0n) is 27.6. The second kappa shape index (κ2) is 13.6. The predicted octanol–water partition coefficient (Wildman–Crippen LogP) is 7.59. The first-order chi connectivity index (χ1) is 21.7. The topological polar surface area (TPSA) is 105 Å². The molecule has 4 aliphatic carbocycles. The molecular formula is C39H54N2O4. The fraction of sp³-hybridized carbons (Fsp3) is 0.641. The van der Waals surface area contributed by atoms with Gasteiger partial charge in [0.15, 0.2) is 0 Å². The van der Waals surface area contributed by atoms with Gasteiger partial charge >= 0.3 is 11.9 Å². The number of ether oxygens (including phenoxy) is 2. The highest BCUT2D eigenvalue weighted by Gasteiger charge is 2.45. The van der Waals surface area contributed by atoms with Gasteiger partial charge in [-0.1, -0.05) is 70.9 Å². The summed E-state index contributed by atoms with van der Waals surface area (Å²) in [5.41, 5.74) is 18.8. The molecule has 0 amide bonds. The summed E-state index contributed by atoms with van der Waals surface area (Å²) in [5.74, 6) is 1.70. The average molecular weight is 615 g/mol. The molecule has 6 rings (SSSR count). The minimum absolute atomic E-state index is 0.0832. The number of nitrogens with two attached hydrogens (primary N) is 2. The lowest BCUT2D eigenvalue weighted by molar-refractivity contribution is -0.136. The Morgan fingerprint density at radius 3 is 1.56 bits per heavy atom. The van der Waals surface area contributed by atoms with Gasteiger partial charge in [0, 0.05) is 35.8 Å². The lowest BCUT2D eigenvalue weighted by Gasteiger charge is -2.47. The van der Waals surface area contributed by atoms with Crippen molar-refractivity contribution in [1.82, 2.24) is 0 Å². The highest BCUT2D eigenvalue weighted by atomic mass is 16.5. The van der Waals surface area contributed by atoms with Gasteiger partial charge in [0.1, 0.15) is 11.5 Å². The molecule has 244 valence electrons. The van der Waals surface area contributed by atoms with Crippen LogP contribution in [-0.2, 0) is 33.3 Å². The third kappa shape index (κ3) is 6.74. The molecule has 2 aromatic rings. The second-order valence-electron chi connectivity index (χ2n) is 15.2. The van der Waals surface area contributed by atoms with Crippen molar-refractivity contribution < 1.29 is 19.1 Å². The largest absolute Gasteiger partial charge is 0.427 e. The number of esters is 2. The van der Waals surface area contributed by atoms with Crippen molar-refractivity contribution >= 4 is 11.9 Å². The van der Waals surface area contributed by atoms with E-state index in [0.29, 0.717) is 36.2 Å². The summed E-state index contributed by atoms with van der Waals surface area (Å²) < 4.78 is 11.6. The van der Waals surface area contributed by atoms with Crippen LogP contribution in [0.25, 0.3) is 0 Å². The normalized spacial score (nSPS) is 31.1. The van der Waals surface area contributed by atoms with Crippen molar-refractivity contribution in [2.45, 2.75) is 146 Å². The van der Waals surface area contributed by atoms with E-state index in [1.165, 1.54) is 80.0 Å². The Balaban J connectivity index is 1.00. The van der Waals surface area contributed by atoms with Gasteiger partial charge in [-0.3, -0.25) is 9.59 Å². The van der Waals surface area contributed by atoms with Gasteiger partial charge in [-0.15, -0.1) is 0 Å². The van der Waals surface area contributed by atoms with Crippen molar-refractivity contribution in [1.29, 1.82) is 0 Å². The molecule has 6 heteroatoms. The van der Waals surface area contributed by atoms with E-state index in [1.807, 2.05) is 12.1 Å². The van der Waals surface area contributed by atoms with E-state index < -0.39 is 0 Å². The number of fused-ring (bicyclic) bond motifs is 8. The number of carbonyl (C=O) groups is 2. The van der Waals surface area contributed by atoms with E-state index in [4.69, 9.17) is 20.9 Å². The number of carbonyl (C=O) groups excluding carboxylic acids is 2.